The molecule has 1 N–H and O–H groups in total. The Morgan fingerprint density at radius 2 is 1.78 bits per heavy atom. The first-order valence-corrected chi connectivity index (χ1v) is 7.78. The van der Waals surface area contributed by atoms with Crippen LogP contribution in [0.2, 0.25) is 0 Å². The molecule has 0 fully saturated rings. The van der Waals surface area contributed by atoms with Crippen molar-refractivity contribution in [1.29, 1.82) is 0 Å². The van der Waals surface area contributed by atoms with Crippen molar-refractivity contribution in [2.45, 2.75) is 12.6 Å². The van der Waals surface area contributed by atoms with E-state index in [1.54, 1.807) is 12.1 Å². The minimum Gasteiger partial charge on any atom is -0.358 e. The number of benzene rings is 1. The number of alkyl halides is 3. The summed E-state index contributed by atoms with van der Waals surface area (Å²) in [4.78, 5) is 31.1. The lowest BCUT2D eigenvalue weighted by molar-refractivity contribution is -0.138. The first kappa shape index (κ1) is 18.5. The summed E-state index contributed by atoms with van der Waals surface area (Å²) in [7, 11) is 0. The maximum atomic E-state index is 14.0. The number of halogens is 4. The number of aromatic nitrogens is 2. The highest BCUT2D eigenvalue weighted by molar-refractivity contribution is 6.11. The van der Waals surface area contributed by atoms with Crippen LogP contribution in [0.4, 0.5) is 17.6 Å². The van der Waals surface area contributed by atoms with E-state index in [2.05, 4.69) is 9.97 Å². The summed E-state index contributed by atoms with van der Waals surface area (Å²) in [5, 5.41) is 0. The van der Waals surface area contributed by atoms with Crippen molar-refractivity contribution in [3.05, 3.63) is 88.8 Å². The fourth-order valence-corrected chi connectivity index (χ4v) is 2.60. The molecule has 0 saturated heterocycles. The van der Waals surface area contributed by atoms with Gasteiger partial charge in [0.05, 0.1) is 16.8 Å². The van der Waals surface area contributed by atoms with E-state index in [0.717, 1.165) is 24.4 Å². The van der Waals surface area contributed by atoms with Gasteiger partial charge in [0.2, 0.25) is 0 Å². The van der Waals surface area contributed by atoms with Crippen LogP contribution >= 0.6 is 0 Å². The number of nitrogens with zero attached hydrogens (tertiary/aromatic N) is 1. The zero-order chi connectivity index (χ0) is 19.6. The molecular weight excluding hydrogens is 364 g/mol. The molecule has 0 radical (unpaired) electrons. The van der Waals surface area contributed by atoms with Crippen LogP contribution in [0.1, 0.15) is 37.5 Å². The normalized spacial score (nSPS) is 11.4. The van der Waals surface area contributed by atoms with Crippen molar-refractivity contribution >= 4 is 11.6 Å². The maximum Gasteiger partial charge on any atom is 0.417 e. The molecule has 138 valence electrons. The lowest BCUT2D eigenvalue weighted by Crippen LogP contribution is -2.15. The van der Waals surface area contributed by atoms with Crippen LogP contribution in [0.25, 0.3) is 0 Å². The van der Waals surface area contributed by atoms with Gasteiger partial charge in [0.15, 0.2) is 11.6 Å². The molecule has 0 bridgehead atoms. The highest BCUT2D eigenvalue weighted by Crippen LogP contribution is 2.34. The molecule has 3 aromatic rings. The molecule has 0 saturated carbocycles. The van der Waals surface area contributed by atoms with E-state index in [4.69, 9.17) is 0 Å². The molecule has 1 aromatic carbocycles. The van der Waals surface area contributed by atoms with Crippen molar-refractivity contribution in [2.75, 3.05) is 0 Å². The number of hydrogen-bond donors (Lipinski definition) is 1. The van der Waals surface area contributed by atoms with E-state index in [1.165, 1.54) is 12.4 Å². The molecule has 27 heavy (non-hydrogen) atoms. The minimum absolute atomic E-state index is 0.0180. The lowest BCUT2D eigenvalue weighted by atomic mass is 9.98. The number of H-pyrrole nitrogens is 1. The zero-order valence-electron chi connectivity index (χ0n) is 13.7. The second-order valence-corrected chi connectivity index (χ2v) is 5.75. The Morgan fingerprint density at radius 3 is 2.44 bits per heavy atom. The average Bonchev–Trinajstić information content (AvgIpc) is 3.11. The molecule has 0 unspecified atom stereocenters. The lowest BCUT2D eigenvalue weighted by Gasteiger charge is -2.12. The summed E-state index contributed by atoms with van der Waals surface area (Å²) in [6, 6.07) is 6.71. The van der Waals surface area contributed by atoms with Crippen LogP contribution in [0.5, 0.6) is 0 Å². The van der Waals surface area contributed by atoms with Crippen molar-refractivity contribution < 1.29 is 27.2 Å². The van der Waals surface area contributed by atoms with Crippen molar-refractivity contribution in [2.24, 2.45) is 0 Å². The Hall–Kier alpha value is -3.29. The van der Waals surface area contributed by atoms with Gasteiger partial charge >= 0.3 is 6.18 Å². The van der Waals surface area contributed by atoms with E-state index in [1.807, 2.05) is 0 Å². The monoisotopic (exact) mass is 376 g/mol. The Morgan fingerprint density at radius 1 is 1.07 bits per heavy atom. The average molecular weight is 376 g/mol. The molecule has 0 spiro atoms. The van der Waals surface area contributed by atoms with Gasteiger partial charge in [-0.25, -0.2) is 4.39 Å². The largest absolute Gasteiger partial charge is 0.417 e. The predicted molar refractivity (Wildman–Crippen MR) is 87.9 cm³/mol. The van der Waals surface area contributed by atoms with Gasteiger partial charge < -0.3 is 4.98 Å². The van der Waals surface area contributed by atoms with Gasteiger partial charge in [0.1, 0.15) is 5.82 Å². The number of rotatable bonds is 5. The molecule has 2 heterocycles. The number of ketones is 2. The smallest absolute Gasteiger partial charge is 0.358 e. The van der Waals surface area contributed by atoms with E-state index < -0.39 is 28.9 Å². The summed E-state index contributed by atoms with van der Waals surface area (Å²) in [5.74, 6) is -2.80. The predicted octanol–water partition coefficient (Wildman–Crippen LogP) is 4.22. The fraction of sp³-hybridized carbons (Fsp3) is 0.105. The third-order valence-electron chi connectivity index (χ3n) is 3.91. The Balaban J connectivity index is 1.89. The molecular formula is C19H12F4N2O2. The minimum atomic E-state index is -4.89. The third-order valence-corrected chi connectivity index (χ3v) is 3.91. The van der Waals surface area contributed by atoms with Crippen LogP contribution < -0.4 is 0 Å². The van der Waals surface area contributed by atoms with Gasteiger partial charge in [0, 0.05) is 30.6 Å². The highest BCUT2D eigenvalue weighted by Gasteiger charge is 2.37. The summed E-state index contributed by atoms with van der Waals surface area (Å²) in [6.45, 7) is 0. The van der Waals surface area contributed by atoms with Crippen LogP contribution in [0, 0.1) is 5.82 Å². The van der Waals surface area contributed by atoms with Gasteiger partial charge in [-0.2, -0.15) is 13.2 Å². The second kappa shape index (κ2) is 7.14. The molecule has 3 rings (SSSR count). The van der Waals surface area contributed by atoms with Gasteiger partial charge in [-0.15, -0.1) is 0 Å². The van der Waals surface area contributed by atoms with E-state index in [0.29, 0.717) is 11.6 Å². The molecule has 2 aromatic heterocycles. The van der Waals surface area contributed by atoms with E-state index in [9.17, 15) is 27.2 Å². The van der Waals surface area contributed by atoms with Crippen molar-refractivity contribution in [1.82, 2.24) is 9.97 Å². The molecule has 4 nitrogen and oxygen atoms in total. The topological polar surface area (TPSA) is 62.8 Å². The van der Waals surface area contributed by atoms with Crippen LogP contribution in [0.3, 0.4) is 0 Å². The number of aromatic amines is 1. The summed E-state index contributed by atoms with van der Waals surface area (Å²) in [5.41, 5.74) is -1.94. The van der Waals surface area contributed by atoms with E-state index >= 15 is 0 Å². The van der Waals surface area contributed by atoms with E-state index in [-0.39, 0.29) is 23.5 Å². The maximum absolute atomic E-state index is 14.0. The molecule has 0 atom stereocenters. The summed E-state index contributed by atoms with van der Waals surface area (Å²) < 4.78 is 53.2. The first-order valence-electron chi connectivity index (χ1n) is 7.78. The van der Waals surface area contributed by atoms with Crippen LogP contribution in [-0.4, -0.2) is 21.5 Å². The van der Waals surface area contributed by atoms with Crippen LogP contribution in [0.15, 0.2) is 55.0 Å². The Kier molecular flexibility index (Phi) is 4.89. The number of nitrogens with one attached hydrogen (secondary N) is 1. The fourth-order valence-electron chi connectivity index (χ4n) is 2.60. The van der Waals surface area contributed by atoms with Crippen molar-refractivity contribution in [3.63, 3.8) is 0 Å². The molecule has 0 aliphatic rings. The third kappa shape index (κ3) is 3.94. The molecule has 0 aliphatic heterocycles. The van der Waals surface area contributed by atoms with Gasteiger partial charge in [-0.3, -0.25) is 14.6 Å². The SMILES string of the molecule is O=C(Cc1ccncc1)c1cc(C(=O)c2c(F)cccc2C(F)(F)F)c[nH]1. The van der Waals surface area contributed by atoms with Gasteiger partial charge in [-0.05, 0) is 35.9 Å². The highest BCUT2D eigenvalue weighted by atomic mass is 19.4. The standard InChI is InChI=1S/C19H12F4N2O2/c20-14-3-1-2-13(19(21,22)23)17(14)18(27)12-9-15(25-10-12)16(26)8-11-4-6-24-7-5-11/h1-7,9-10,25H,8H2. The van der Waals surface area contributed by atoms with Crippen molar-refractivity contribution in [3.8, 4) is 0 Å². The summed E-state index contributed by atoms with van der Waals surface area (Å²) >= 11 is 0. The number of hydrogen-bond acceptors (Lipinski definition) is 3. The second-order valence-electron chi connectivity index (χ2n) is 5.75. The number of carbonyl (C=O) groups excluding carboxylic acids is 2. The van der Waals surface area contributed by atoms with Crippen LogP contribution in [-0.2, 0) is 12.6 Å². The Bertz CT molecular complexity index is 994. The Labute approximate surface area is 150 Å². The molecule has 0 amide bonds. The van der Waals surface area contributed by atoms with Gasteiger partial charge in [0.25, 0.3) is 0 Å². The molecule has 0 aliphatic carbocycles. The zero-order valence-corrected chi connectivity index (χ0v) is 13.7. The molecule has 8 heteroatoms. The number of pyridine rings is 1. The number of Topliss-reactive ketones (excluding diaryl/α,β-unsaturated/α-hetero) is 1. The van der Waals surface area contributed by atoms with Gasteiger partial charge in [-0.1, -0.05) is 6.07 Å². The summed E-state index contributed by atoms with van der Waals surface area (Å²) in [6.07, 6.45) is -0.742. The number of carbonyl (C=O) groups is 2. The first-order chi connectivity index (χ1) is 12.8. The quantitative estimate of drug-likeness (QED) is 0.536.